The van der Waals surface area contributed by atoms with Gasteiger partial charge in [0, 0.05) is 19.6 Å². The molecule has 0 radical (unpaired) electrons. The molecule has 6 heteroatoms. The van der Waals surface area contributed by atoms with Crippen molar-refractivity contribution in [3.05, 3.63) is 23.9 Å². The third kappa shape index (κ3) is 6.92. The van der Waals surface area contributed by atoms with Crippen molar-refractivity contribution in [3.63, 3.8) is 0 Å². The van der Waals surface area contributed by atoms with Crippen LogP contribution < -0.4 is 5.32 Å². The average Bonchev–Trinajstić information content (AvgIpc) is 2.63. The number of ether oxygens (including phenoxy) is 2. The highest BCUT2D eigenvalue weighted by molar-refractivity contribution is 5.78. The Morgan fingerprint density at radius 2 is 1.85 bits per heavy atom. The number of esters is 1. The Bertz CT molecular complexity index is 553. The van der Waals surface area contributed by atoms with Gasteiger partial charge in [0.1, 0.15) is 5.60 Å². The molecule has 0 atom stereocenters. The van der Waals surface area contributed by atoms with Crippen LogP contribution in [-0.2, 0) is 14.3 Å². The van der Waals surface area contributed by atoms with Gasteiger partial charge < -0.3 is 19.7 Å². The van der Waals surface area contributed by atoms with E-state index in [1.807, 2.05) is 53.8 Å². The van der Waals surface area contributed by atoms with Gasteiger partial charge >= 0.3 is 12.1 Å². The summed E-state index contributed by atoms with van der Waals surface area (Å²) in [5.74, 6) is -0.168. The van der Waals surface area contributed by atoms with Crippen LogP contribution >= 0.6 is 0 Å². The highest BCUT2D eigenvalue weighted by Crippen LogP contribution is 2.39. The standard InChI is InChI=1S/C19H30N2O4.C2H6/c1-5-24-16(22)19(13-15-7-6-10-20-14-15)8-11-21(12-9-19)17(23)25-18(2,3)4;1-2/h6-7,14,20H,5,8-13H2,1-4H3;1-2H3. The largest absolute Gasteiger partial charge is 0.466 e. The van der Waals surface area contributed by atoms with Crippen LogP contribution in [0.25, 0.3) is 0 Å². The molecule has 1 saturated heterocycles. The van der Waals surface area contributed by atoms with Gasteiger partial charge in [-0.3, -0.25) is 4.79 Å². The molecular weight excluding hydrogens is 344 g/mol. The maximum absolute atomic E-state index is 12.7. The molecule has 0 aromatic rings. The number of dihydropyridines is 1. The van der Waals surface area contributed by atoms with Crippen LogP contribution in [0.1, 0.15) is 60.8 Å². The minimum absolute atomic E-state index is 0.168. The van der Waals surface area contributed by atoms with Gasteiger partial charge in [-0.25, -0.2) is 4.79 Å². The first-order valence-corrected chi connectivity index (χ1v) is 10.00. The lowest BCUT2D eigenvalue weighted by Crippen LogP contribution is -2.48. The number of amides is 1. The van der Waals surface area contributed by atoms with Crippen molar-refractivity contribution >= 4 is 12.1 Å². The van der Waals surface area contributed by atoms with Crippen LogP contribution in [0.5, 0.6) is 0 Å². The maximum atomic E-state index is 12.7. The maximum Gasteiger partial charge on any atom is 0.410 e. The van der Waals surface area contributed by atoms with E-state index in [2.05, 4.69) is 11.4 Å². The van der Waals surface area contributed by atoms with Crippen molar-refractivity contribution in [2.75, 3.05) is 26.2 Å². The third-order valence-electron chi connectivity index (χ3n) is 4.48. The topological polar surface area (TPSA) is 67.9 Å². The van der Waals surface area contributed by atoms with Gasteiger partial charge in [-0.05, 0) is 58.7 Å². The van der Waals surface area contributed by atoms with Gasteiger partial charge in [-0.15, -0.1) is 0 Å². The SMILES string of the molecule is CC.CCOC(=O)C1(CC2=CNCC=C2)CCN(C(=O)OC(C)(C)C)CC1. The predicted octanol–water partition coefficient (Wildman–Crippen LogP) is 4.03. The van der Waals surface area contributed by atoms with Crippen LogP contribution in [0.4, 0.5) is 4.79 Å². The van der Waals surface area contributed by atoms with E-state index in [0.717, 1.165) is 12.1 Å². The Morgan fingerprint density at radius 3 is 2.33 bits per heavy atom. The summed E-state index contributed by atoms with van der Waals surface area (Å²) in [4.78, 5) is 26.6. The Labute approximate surface area is 164 Å². The smallest absolute Gasteiger partial charge is 0.410 e. The molecule has 0 unspecified atom stereocenters. The van der Waals surface area contributed by atoms with Gasteiger partial charge in [0.15, 0.2) is 0 Å². The van der Waals surface area contributed by atoms with Crippen molar-refractivity contribution in [1.82, 2.24) is 10.2 Å². The zero-order valence-corrected chi connectivity index (χ0v) is 17.8. The van der Waals surface area contributed by atoms with E-state index in [4.69, 9.17) is 9.47 Å². The van der Waals surface area contributed by atoms with Crippen molar-refractivity contribution in [1.29, 1.82) is 0 Å². The number of hydrogen-bond donors (Lipinski definition) is 1. The summed E-state index contributed by atoms with van der Waals surface area (Å²) in [6, 6.07) is 0. The lowest BCUT2D eigenvalue weighted by molar-refractivity contribution is -0.158. The number of carbonyl (C=O) groups is 2. The van der Waals surface area contributed by atoms with E-state index in [1.165, 1.54) is 0 Å². The summed E-state index contributed by atoms with van der Waals surface area (Å²) in [7, 11) is 0. The normalized spacial score (nSPS) is 18.4. The molecule has 1 fully saturated rings. The molecule has 2 heterocycles. The second kappa shape index (κ2) is 10.4. The lowest BCUT2D eigenvalue weighted by Gasteiger charge is -2.40. The van der Waals surface area contributed by atoms with Crippen LogP contribution in [0, 0.1) is 5.41 Å². The van der Waals surface area contributed by atoms with Crippen LogP contribution in [0.3, 0.4) is 0 Å². The van der Waals surface area contributed by atoms with Gasteiger partial charge in [0.05, 0.1) is 12.0 Å². The number of allylic oxidation sites excluding steroid dienone is 2. The van der Waals surface area contributed by atoms with Crippen LogP contribution in [0.2, 0.25) is 0 Å². The molecule has 0 aromatic heterocycles. The molecule has 0 aliphatic carbocycles. The predicted molar refractivity (Wildman–Crippen MR) is 107 cm³/mol. The molecule has 0 aromatic carbocycles. The zero-order valence-electron chi connectivity index (χ0n) is 17.8. The zero-order chi connectivity index (χ0) is 20.5. The molecular formula is C21H36N2O4. The number of piperidine rings is 1. The Morgan fingerprint density at radius 1 is 1.22 bits per heavy atom. The first-order chi connectivity index (χ1) is 12.8. The summed E-state index contributed by atoms with van der Waals surface area (Å²) in [6.07, 6.45) is 7.52. The molecule has 0 spiro atoms. The van der Waals surface area contributed by atoms with E-state index >= 15 is 0 Å². The van der Waals surface area contributed by atoms with Gasteiger partial charge in [0.25, 0.3) is 0 Å². The van der Waals surface area contributed by atoms with E-state index in [-0.39, 0.29) is 12.1 Å². The third-order valence-corrected chi connectivity index (χ3v) is 4.48. The summed E-state index contributed by atoms with van der Waals surface area (Å²) in [5.41, 5.74) is -0.00939. The highest BCUT2D eigenvalue weighted by Gasteiger charge is 2.44. The summed E-state index contributed by atoms with van der Waals surface area (Å²) in [5, 5.41) is 3.18. The molecule has 2 aliphatic rings. The summed E-state index contributed by atoms with van der Waals surface area (Å²) in [6.45, 7) is 13.6. The first-order valence-electron chi connectivity index (χ1n) is 10.00. The number of rotatable bonds is 4. The minimum atomic E-state index is -0.580. The van der Waals surface area contributed by atoms with Crippen LogP contribution in [-0.4, -0.2) is 48.8 Å². The molecule has 0 bridgehead atoms. The van der Waals surface area contributed by atoms with Gasteiger partial charge in [0.2, 0.25) is 0 Å². The number of likely N-dealkylation sites (tertiary alicyclic amines) is 1. The highest BCUT2D eigenvalue weighted by atomic mass is 16.6. The number of carbonyl (C=O) groups excluding carboxylic acids is 2. The van der Waals surface area contributed by atoms with Gasteiger partial charge in [-0.1, -0.05) is 26.0 Å². The molecule has 0 saturated carbocycles. The number of hydrogen-bond acceptors (Lipinski definition) is 5. The minimum Gasteiger partial charge on any atom is -0.466 e. The van der Waals surface area contributed by atoms with E-state index in [9.17, 15) is 9.59 Å². The fourth-order valence-corrected chi connectivity index (χ4v) is 3.20. The molecule has 2 rings (SSSR count). The molecule has 27 heavy (non-hydrogen) atoms. The first kappa shape index (κ1) is 23.1. The van der Waals surface area contributed by atoms with Crippen molar-refractivity contribution in [2.24, 2.45) is 5.41 Å². The number of nitrogens with one attached hydrogen (secondary N) is 1. The Balaban J connectivity index is 0.00000176. The molecule has 154 valence electrons. The van der Waals surface area contributed by atoms with Crippen molar-refractivity contribution in [3.8, 4) is 0 Å². The molecule has 1 N–H and O–H groups in total. The van der Waals surface area contributed by atoms with Crippen molar-refractivity contribution < 1.29 is 19.1 Å². The van der Waals surface area contributed by atoms with E-state index < -0.39 is 11.0 Å². The molecule has 2 aliphatic heterocycles. The Hall–Kier alpha value is -1.98. The Kier molecular flexibility index (Phi) is 8.86. The molecule has 6 nitrogen and oxygen atoms in total. The monoisotopic (exact) mass is 380 g/mol. The fraction of sp³-hybridized carbons (Fsp3) is 0.714. The lowest BCUT2D eigenvalue weighted by atomic mass is 9.73. The summed E-state index contributed by atoms with van der Waals surface area (Å²) < 4.78 is 10.8. The second-order valence-electron chi connectivity index (χ2n) is 7.67. The quantitative estimate of drug-likeness (QED) is 0.746. The fourth-order valence-electron chi connectivity index (χ4n) is 3.20. The van der Waals surface area contributed by atoms with Gasteiger partial charge in [-0.2, -0.15) is 0 Å². The molecule has 1 amide bonds. The second-order valence-corrected chi connectivity index (χ2v) is 7.67. The summed E-state index contributed by atoms with van der Waals surface area (Å²) >= 11 is 0. The van der Waals surface area contributed by atoms with Crippen LogP contribution in [0.15, 0.2) is 23.9 Å². The van der Waals surface area contributed by atoms with E-state index in [1.54, 1.807) is 4.90 Å². The average molecular weight is 381 g/mol. The van der Waals surface area contributed by atoms with Crippen molar-refractivity contribution in [2.45, 2.75) is 66.4 Å². The van der Waals surface area contributed by atoms with E-state index in [0.29, 0.717) is 39.0 Å². The number of nitrogens with zero attached hydrogens (tertiary/aromatic N) is 1.